The molecular formula is C21H15N3O6S. The number of esters is 1. The number of aliphatic carboxylic acids is 1. The van der Waals surface area contributed by atoms with Gasteiger partial charge in [0.15, 0.2) is 5.17 Å². The number of carboxylic acid groups (broad SMARTS) is 1. The molecule has 2 aliphatic heterocycles. The minimum atomic E-state index is -1.17. The number of carbonyl (C=O) groups excluding carboxylic acids is 3. The highest BCUT2D eigenvalue weighted by Gasteiger charge is 2.40. The van der Waals surface area contributed by atoms with E-state index in [1.807, 2.05) is 0 Å². The molecule has 1 fully saturated rings. The molecule has 0 aromatic heterocycles. The zero-order valence-corrected chi connectivity index (χ0v) is 16.9. The number of aliphatic imine (C=N–C) groups is 1. The van der Waals surface area contributed by atoms with Crippen molar-refractivity contribution in [2.24, 2.45) is 4.99 Å². The monoisotopic (exact) mass is 437 g/mol. The number of para-hydroxylation sites is 2. The van der Waals surface area contributed by atoms with Gasteiger partial charge < -0.3 is 15.2 Å². The minimum Gasteiger partial charge on any atom is -0.480 e. The van der Waals surface area contributed by atoms with Gasteiger partial charge in [-0.05, 0) is 30.0 Å². The van der Waals surface area contributed by atoms with Crippen molar-refractivity contribution >= 4 is 57.6 Å². The van der Waals surface area contributed by atoms with Gasteiger partial charge in [0.05, 0.1) is 34.5 Å². The van der Waals surface area contributed by atoms with Gasteiger partial charge in [0.25, 0.3) is 11.8 Å². The molecule has 1 saturated heterocycles. The Balaban J connectivity index is 1.75. The zero-order valence-electron chi connectivity index (χ0n) is 16.1. The van der Waals surface area contributed by atoms with Crippen LogP contribution in [0.15, 0.2) is 58.4 Å². The van der Waals surface area contributed by atoms with Gasteiger partial charge in [-0.2, -0.15) is 0 Å². The standard InChI is InChI=1S/C21H15N3O6S/c1-30-20(29)11-6-2-4-8-13(11)22-21-23-18(27)17(31-21)16-12-7-3-5-9-14(12)24(19(16)28)10-15(25)26/h2-9H,10H2,1H3,(H,25,26)(H,22,23,27)/b17-16-. The summed E-state index contributed by atoms with van der Waals surface area (Å²) >= 11 is 0.949. The maximum absolute atomic E-state index is 13.0. The van der Waals surface area contributed by atoms with Gasteiger partial charge in [-0.25, -0.2) is 9.79 Å². The van der Waals surface area contributed by atoms with Crippen LogP contribution in [0.5, 0.6) is 0 Å². The molecule has 9 nitrogen and oxygen atoms in total. The number of anilines is 1. The summed E-state index contributed by atoms with van der Waals surface area (Å²) in [6.45, 7) is -0.521. The lowest BCUT2D eigenvalue weighted by Crippen LogP contribution is -2.32. The predicted octanol–water partition coefficient (Wildman–Crippen LogP) is 2.17. The van der Waals surface area contributed by atoms with Crippen LogP contribution in [-0.2, 0) is 19.1 Å². The average molecular weight is 437 g/mol. The highest BCUT2D eigenvalue weighted by atomic mass is 32.2. The quantitative estimate of drug-likeness (QED) is 0.555. The van der Waals surface area contributed by atoms with E-state index in [2.05, 4.69) is 10.3 Å². The molecule has 10 heteroatoms. The van der Waals surface area contributed by atoms with E-state index in [0.29, 0.717) is 16.9 Å². The first-order valence-electron chi connectivity index (χ1n) is 9.03. The number of nitrogens with zero attached hydrogens (tertiary/aromatic N) is 2. The summed E-state index contributed by atoms with van der Waals surface area (Å²) in [7, 11) is 1.26. The molecule has 0 atom stereocenters. The Bertz CT molecular complexity index is 1200. The number of ether oxygens (including phenoxy) is 1. The number of fused-ring (bicyclic) bond motifs is 1. The van der Waals surface area contributed by atoms with E-state index in [4.69, 9.17) is 9.84 Å². The van der Waals surface area contributed by atoms with Gasteiger partial charge in [0.1, 0.15) is 6.54 Å². The molecule has 2 aromatic carbocycles. The van der Waals surface area contributed by atoms with Crippen molar-refractivity contribution in [2.75, 3.05) is 18.6 Å². The van der Waals surface area contributed by atoms with Crippen LogP contribution in [0.3, 0.4) is 0 Å². The normalized spacial score (nSPS) is 18.9. The van der Waals surface area contributed by atoms with Crippen LogP contribution in [0.4, 0.5) is 11.4 Å². The molecule has 2 aliphatic rings. The molecule has 2 amide bonds. The van der Waals surface area contributed by atoms with Crippen LogP contribution in [0, 0.1) is 0 Å². The third-order valence-electron chi connectivity index (χ3n) is 4.60. The second kappa shape index (κ2) is 8.07. The molecule has 0 aliphatic carbocycles. The highest BCUT2D eigenvalue weighted by Crippen LogP contribution is 2.42. The SMILES string of the molecule is COC(=O)c1ccccc1N=C1NC(=O)/C(=C2/C(=O)N(CC(=O)O)c3ccccc32)S1. The summed E-state index contributed by atoms with van der Waals surface area (Å²) in [5, 5.41) is 12.0. The van der Waals surface area contributed by atoms with Crippen molar-refractivity contribution in [2.45, 2.75) is 0 Å². The number of hydrogen-bond acceptors (Lipinski definition) is 7. The highest BCUT2D eigenvalue weighted by molar-refractivity contribution is 8.18. The fraction of sp³-hybridized carbons (Fsp3) is 0.0952. The molecule has 4 rings (SSSR count). The van der Waals surface area contributed by atoms with E-state index >= 15 is 0 Å². The predicted molar refractivity (Wildman–Crippen MR) is 114 cm³/mol. The third-order valence-corrected chi connectivity index (χ3v) is 5.58. The van der Waals surface area contributed by atoms with Crippen molar-refractivity contribution in [3.8, 4) is 0 Å². The lowest BCUT2D eigenvalue weighted by atomic mass is 10.1. The fourth-order valence-corrected chi connectivity index (χ4v) is 4.22. The third kappa shape index (κ3) is 3.68. The largest absolute Gasteiger partial charge is 0.480 e. The van der Waals surface area contributed by atoms with Crippen LogP contribution >= 0.6 is 11.8 Å². The van der Waals surface area contributed by atoms with Gasteiger partial charge in [-0.1, -0.05) is 30.3 Å². The Morgan fingerprint density at radius 2 is 1.84 bits per heavy atom. The van der Waals surface area contributed by atoms with Gasteiger partial charge in [-0.3, -0.25) is 19.3 Å². The summed E-state index contributed by atoms with van der Waals surface area (Å²) in [6.07, 6.45) is 0. The zero-order chi connectivity index (χ0) is 22.1. The summed E-state index contributed by atoms with van der Waals surface area (Å²) in [6, 6.07) is 13.2. The van der Waals surface area contributed by atoms with Crippen molar-refractivity contribution in [1.29, 1.82) is 0 Å². The number of carboxylic acids is 1. The number of nitrogens with one attached hydrogen (secondary N) is 1. The van der Waals surface area contributed by atoms with Gasteiger partial charge in [-0.15, -0.1) is 0 Å². The molecule has 0 unspecified atom stereocenters. The molecule has 2 aromatic rings. The Hall–Kier alpha value is -3.92. The van der Waals surface area contributed by atoms with E-state index in [1.54, 1.807) is 48.5 Å². The van der Waals surface area contributed by atoms with E-state index in [1.165, 1.54) is 7.11 Å². The fourth-order valence-electron chi connectivity index (χ4n) is 3.29. The van der Waals surface area contributed by atoms with Gasteiger partial charge in [0.2, 0.25) is 0 Å². The molecule has 31 heavy (non-hydrogen) atoms. The number of hydrogen-bond donors (Lipinski definition) is 2. The van der Waals surface area contributed by atoms with Crippen molar-refractivity contribution in [3.05, 3.63) is 64.6 Å². The number of thioether (sulfide) groups is 1. The molecule has 2 heterocycles. The second-order valence-electron chi connectivity index (χ2n) is 6.49. The minimum absolute atomic E-state index is 0.111. The second-order valence-corrected chi connectivity index (χ2v) is 7.49. The average Bonchev–Trinajstić information content (AvgIpc) is 3.24. The van der Waals surface area contributed by atoms with Crippen molar-refractivity contribution in [1.82, 2.24) is 5.32 Å². The van der Waals surface area contributed by atoms with Gasteiger partial charge >= 0.3 is 11.9 Å². The molecule has 2 N–H and O–H groups in total. The van der Waals surface area contributed by atoms with Gasteiger partial charge in [0, 0.05) is 5.56 Å². The summed E-state index contributed by atoms with van der Waals surface area (Å²) in [5.74, 6) is -2.84. The number of rotatable bonds is 4. The van der Waals surface area contributed by atoms with E-state index in [-0.39, 0.29) is 21.2 Å². The molecule has 0 spiro atoms. The Kier molecular flexibility index (Phi) is 5.30. The van der Waals surface area contributed by atoms with Crippen LogP contribution in [-0.4, -0.2) is 47.7 Å². The van der Waals surface area contributed by atoms with Crippen LogP contribution in [0.2, 0.25) is 0 Å². The van der Waals surface area contributed by atoms with E-state index < -0.39 is 30.3 Å². The lowest BCUT2D eigenvalue weighted by Gasteiger charge is -2.13. The molecule has 0 bridgehead atoms. The van der Waals surface area contributed by atoms with Crippen molar-refractivity contribution < 1.29 is 29.0 Å². The Labute approximate surface area is 180 Å². The van der Waals surface area contributed by atoms with Crippen LogP contribution < -0.4 is 10.2 Å². The maximum Gasteiger partial charge on any atom is 0.340 e. The van der Waals surface area contributed by atoms with Crippen LogP contribution in [0.25, 0.3) is 5.57 Å². The first kappa shape index (κ1) is 20.4. The van der Waals surface area contributed by atoms with Crippen LogP contribution in [0.1, 0.15) is 15.9 Å². The Morgan fingerprint density at radius 1 is 1.13 bits per heavy atom. The number of methoxy groups -OCH3 is 1. The number of carbonyl (C=O) groups is 4. The number of benzene rings is 2. The number of amidine groups is 1. The lowest BCUT2D eigenvalue weighted by molar-refractivity contribution is -0.136. The smallest absolute Gasteiger partial charge is 0.340 e. The first-order valence-corrected chi connectivity index (χ1v) is 9.85. The first-order chi connectivity index (χ1) is 14.9. The summed E-state index contributed by atoms with van der Waals surface area (Å²) in [5.41, 5.74) is 1.54. The molecule has 0 saturated carbocycles. The van der Waals surface area contributed by atoms with E-state index in [0.717, 1.165) is 16.7 Å². The molecule has 156 valence electrons. The van der Waals surface area contributed by atoms with Crippen molar-refractivity contribution in [3.63, 3.8) is 0 Å². The summed E-state index contributed by atoms with van der Waals surface area (Å²) < 4.78 is 4.75. The number of amides is 2. The van der Waals surface area contributed by atoms with E-state index in [9.17, 15) is 19.2 Å². The Morgan fingerprint density at radius 3 is 2.58 bits per heavy atom. The molecular weight excluding hydrogens is 422 g/mol. The molecule has 0 radical (unpaired) electrons. The summed E-state index contributed by atoms with van der Waals surface area (Å²) in [4.78, 5) is 54.4. The maximum atomic E-state index is 13.0. The topological polar surface area (TPSA) is 125 Å².